The number of Topliss-reactive ketones (excluding diaryl/α,β-unsaturated/α-hetero) is 1. The molecule has 1 N–H and O–H groups in total. The Balaban J connectivity index is 1.63. The average molecular weight is 387 g/mol. The van der Waals surface area contributed by atoms with E-state index in [-0.39, 0.29) is 28.5 Å². The van der Waals surface area contributed by atoms with E-state index in [9.17, 15) is 9.90 Å². The zero-order chi connectivity index (χ0) is 19.9. The van der Waals surface area contributed by atoms with Gasteiger partial charge in [0, 0.05) is 12.5 Å². The van der Waals surface area contributed by atoms with Crippen molar-refractivity contribution >= 4 is 5.78 Å². The SMILES string of the molecule is C=CC1CC[C@]23C4CC[C@H]5C[C@H](O)CC[C@]5(C)[C@H](CC42)[C@@H](OC)CC13C(C)=O. The van der Waals surface area contributed by atoms with Crippen LogP contribution in [0.1, 0.15) is 71.6 Å². The van der Waals surface area contributed by atoms with Crippen molar-refractivity contribution in [2.24, 2.45) is 45.8 Å². The number of ketones is 1. The van der Waals surface area contributed by atoms with Crippen LogP contribution in [-0.2, 0) is 9.53 Å². The van der Waals surface area contributed by atoms with Crippen molar-refractivity contribution in [3.8, 4) is 0 Å². The fourth-order valence-corrected chi connectivity index (χ4v) is 9.61. The molecular formula is C25H38O3. The molecule has 2 bridgehead atoms. The number of hydrogen-bond donors (Lipinski definition) is 1. The monoisotopic (exact) mass is 386 g/mol. The Morgan fingerprint density at radius 1 is 1.11 bits per heavy atom. The smallest absolute Gasteiger partial charge is 0.137 e. The molecule has 0 radical (unpaired) electrons. The largest absolute Gasteiger partial charge is 0.393 e. The summed E-state index contributed by atoms with van der Waals surface area (Å²) in [6, 6.07) is 0. The van der Waals surface area contributed by atoms with Gasteiger partial charge in [-0.1, -0.05) is 13.0 Å². The van der Waals surface area contributed by atoms with Crippen molar-refractivity contribution in [2.75, 3.05) is 7.11 Å². The van der Waals surface area contributed by atoms with Gasteiger partial charge in [-0.3, -0.25) is 4.79 Å². The molecule has 5 saturated carbocycles. The molecule has 0 aromatic heterocycles. The first kappa shape index (κ1) is 19.3. The van der Waals surface area contributed by atoms with Crippen molar-refractivity contribution in [2.45, 2.75) is 83.8 Å². The number of rotatable bonds is 3. The second-order valence-electron chi connectivity index (χ2n) is 11.2. The molecule has 0 heterocycles. The van der Waals surface area contributed by atoms with Crippen LogP contribution in [0.2, 0.25) is 0 Å². The van der Waals surface area contributed by atoms with E-state index in [1.165, 1.54) is 25.7 Å². The van der Waals surface area contributed by atoms with Crippen LogP contribution in [-0.4, -0.2) is 30.2 Å². The van der Waals surface area contributed by atoms with Crippen molar-refractivity contribution in [1.29, 1.82) is 0 Å². The Kier molecular flexibility index (Phi) is 4.25. The molecule has 0 aromatic rings. The zero-order valence-corrected chi connectivity index (χ0v) is 18.0. The van der Waals surface area contributed by atoms with E-state index in [1.807, 2.05) is 14.0 Å². The number of methoxy groups -OCH3 is 1. The van der Waals surface area contributed by atoms with E-state index in [4.69, 9.17) is 4.74 Å². The molecule has 0 aliphatic heterocycles. The summed E-state index contributed by atoms with van der Waals surface area (Å²) in [5.74, 6) is 3.20. The topological polar surface area (TPSA) is 46.5 Å². The number of aliphatic hydroxyl groups excluding tert-OH is 1. The van der Waals surface area contributed by atoms with Crippen LogP contribution in [0.3, 0.4) is 0 Å². The van der Waals surface area contributed by atoms with E-state index >= 15 is 0 Å². The van der Waals surface area contributed by atoms with E-state index < -0.39 is 0 Å². The van der Waals surface area contributed by atoms with Gasteiger partial charge in [-0.25, -0.2) is 0 Å². The normalized spacial score (nSPS) is 57.2. The molecule has 5 aliphatic rings. The minimum Gasteiger partial charge on any atom is -0.393 e. The van der Waals surface area contributed by atoms with Crippen molar-refractivity contribution < 1.29 is 14.6 Å². The van der Waals surface area contributed by atoms with Crippen LogP contribution in [0.15, 0.2) is 12.7 Å². The zero-order valence-electron chi connectivity index (χ0n) is 18.0. The molecule has 5 aliphatic carbocycles. The number of allylic oxidation sites excluding steroid dienone is 1. The van der Waals surface area contributed by atoms with Crippen molar-refractivity contribution in [3.63, 3.8) is 0 Å². The third-order valence-electron chi connectivity index (χ3n) is 10.9. The highest BCUT2D eigenvalue weighted by Gasteiger charge is 2.80. The lowest BCUT2D eigenvalue weighted by atomic mass is 9.54. The summed E-state index contributed by atoms with van der Waals surface area (Å²) < 4.78 is 6.23. The average Bonchev–Trinajstić information content (AvgIpc) is 3.18. The minimum atomic E-state index is -0.253. The van der Waals surface area contributed by atoms with Crippen LogP contribution < -0.4 is 0 Å². The quantitative estimate of drug-likeness (QED) is 0.710. The Bertz CT molecular complexity index is 687. The summed E-state index contributed by atoms with van der Waals surface area (Å²) in [7, 11) is 1.87. The maximum absolute atomic E-state index is 13.4. The van der Waals surface area contributed by atoms with E-state index in [0.717, 1.165) is 32.1 Å². The van der Waals surface area contributed by atoms with E-state index in [0.29, 0.717) is 35.4 Å². The molecule has 1 spiro atoms. The van der Waals surface area contributed by atoms with Gasteiger partial charge >= 0.3 is 0 Å². The first-order chi connectivity index (χ1) is 13.3. The maximum Gasteiger partial charge on any atom is 0.137 e. The second-order valence-corrected chi connectivity index (χ2v) is 11.2. The molecule has 10 atom stereocenters. The number of carbonyl (C=O) groups is 1. The van der Waals surface area contributed by atoms with Crippen LogP contribution in [0.4, 0.5) is 0 Å². The highest BCUT2D eigenvalue weighted by Crippen LogP contribution is 2.83. The van der Waals surface area contributed by atoms with Gasteiger partial charge < -0.3 is 9.84 Å². The van der Waals surface area contributed by atoms with Crippen LogP contribution >= 0.6 is 0 Å². The first-order valence-corrected chi connectivity index (χ1v) is 11.7. The molecule has 4 unspecified atom stereocenters. The summed E-state index contributed by atoms with van der Waals surface area (Å²) in [5.41, 5.74) is 0.178. The number of fused-ring (bicyclic) bond motifs is 3. The predicted octanol–water partition coefficient (Wildman–Crippen LogP) is 4.78. The van der Waals surface area contributed by atoms with Gasteiger partial charge in [-0.15, -0.1) is 6.58 Å². The Morgan fingerprint density at radius 2 is 1.89 bits per heavy atom. The van der Waals surface area contributed by atoms with Crippen molar-refractivity contribution in [1.82, 2.24) is 0 Å². The summed E-state index contributed by atoms with van der Waals surface area (Å²) in [5, 5.41) is 10.4. The lowest BCUT2D eigenvalue weighted by molar-refractivity contribution is -0.139. The van der Waals surface area contributed by atoms with Gasteiger partial charge in [-0.05, 0) is 105 Å². The third kappa shape index (κ3) is 2.11. The first-order valence-electron chi connectivity index (χ1n) is 11.7. The standard InChI is InChI=1S/C25H38O3/c1-5-16-8-11-24-19-7-6-17-12-18(27)9-10-23(17,3)21(13-20(19)24)22(28-4)14-25(16,24)15(2)26/h5,16-22,27H,1,6-14H2,2-4H3/t16?,17-,18+,19?,20?,21+,22-,23-,24-,25?/m0/s1. The number of carbonyl (C=O) groups excluding carboxylic acids is 1. The molecule has 5 fully saturated rings. The molecule has 0 aromatic carbocycles. The van der Waals surface area contributed by atoms with Gasteiger partial charge in [-0.2, -0.15) is 0 Å². The van der Waals surface area contributed by atoms with Gasteiger partial charge in [0.1, 0.15) is 5.78 Å². The second kappa shape index (κ2) is 6.17. The maximum atomic E-state index is 13.4. The van der Waals surface area contributed by atoms with Crippen LogP contribution in [0.25, 0.3) is 0 Å². The summed E-state index contributed by atoms with van der Waals surface area (Å²) in [6.07, 6.45) is 12.0. The molecule has 156 valence electrons. The number of ether oxygens (including phenoxy) is 1. The molecule has 28 heavy (non-hydrogen) atoms. The highest BCUT2D eigenvalue weighted by molar-refractivity contribution is 5.85. The third-order valence-corrected chi connectivity index (χ3v) is 10.9. The van der Waals surface area contributed by atoms with Crippen molar-refractivity contribution in [3.05, 3.63) is 12.7 Å². The molecular weight excluding hydrogens is 348 g/mol. The summed E-state index contributed by atoms with van der Waals surface area (Å²) in [4.78, 5) is 13.4. The van der Waals surface area contributed by atoms with E-state index in [2.05, 4.69) is 19.6 Å². The van der Waals surface area contributed by atoms with Crippen LogP contribution in [0.5, 0.6) is 0 Å². The fourth-order valence-electron chi connectivity index (χ4n) is 9.61. The van der Waals surface area contributed by atoms with Gasteiger partial charge in [0.05, 0.1) is 12.2 Å². The highest BCUT2D eigenvalue weighted by atomic mass is 16.5. The lowest BCUT2D eigenvalue weighted by Gasteiger charge is -2.52. The fraction of sp³-hybridized carbons (Fsp3) is 0.880. The van der Waals surface area contributed by atoms with Gasteiger partial charge in [0.25, 0.3) is 0 Å². The predicted molar refractivity (Wildman–Crippen MR) is 110 cm³/mol. The number of aliphatic hydroxyl groups is 1. The molecule has 0 amide bonds. The van der Waals surface area contributed by atoms with Crippen LogP contribution in [0, 0.1) is 45.8 Å². The lowest BCUT2D eigenvalue weighted by Crippen LogP contribution is -2.50. The molecule has 5 rings (SSSR count). The molecule has 3 heteroatoms. The summed E-state index contributed by atoms with van der Waals surface area (Å²) in [6.45, 7) is 8.51. The summed E-state index contributed by atoms with van der Waals surface area (Å²) >= 11 is 0. The Hall–Kier alpha value is -0.670. The van der Waals surface area contributed by atoms with Gasteiger partial charge in [0.2, 0.25) is 0 Å². The Morgan fingerprint density at radius 3 is 2.57 bits per heavy atom. The minimum absolute atomic E-state index is 0.126. The number of hydrogen-bond acceptors (Lipinski definition) is 3. The molecule has 0 saturated heterocycles. The van der Waals surface area contributed by atoms with E-state index in [1.54, 1.807) is 0 Å². The molecule has 3 nitrogen and oxygen atoms in total. The Labute approximate surface area is 170 Å². The van der Waals surface area contributed by atoms with Gasteiger partial charge in [0.15, 0.2) is 0 Å².